The van der Waals surface area contributed by atoms with E-state index in [1.807, 2.05) is 25.7 Å². The molecule has 0 radical (unpaired) electrons. The van der Waals surface area contributed by atoms with E-state index in [2.05, 4.69) is 0 Å². The van der Waals surface area contributed by atoms with Crippen LogP contribution in [0.3, 0.4) is 0 Å². The number of nitro groups is 1. The summed E-state index contributed by atoms with van der Waals surface area (Å²) in [6, 6.07) is 4.47. The summed E-state index contributed by atoms with van der Waals surface area (Å²) in [7, 11) is 0. The van der Waals surface area contributed by atoms with Crippen LogP contribution in [-0.4, -0.2) is 28.6 Å². The maximum Gasteiger partial charge on any atom is 0.342 e. The molecule has 6 nitrogen and oxygen atoms in total. The predicted molar refractivity (Wildman–Crippen MR) is 72.8 cm³/mol. The van der Waals surface area contributed by atoms with Gasteiger partial charge in [0.05, 0.1) is 4.92 Å². The summed E-state index contributed by atoms with van der Waals surface area (Å²) in [4.78, 5) is 23.3. The molecule has 0 aliphatic carbocycles. The highest BCUT2D eigenvalue weighted by atomic mass is 16.6. The molecule has 0 spiro atoms. The lowest BCUT2D eigenvalue weighted by atomic mass is 10.1. The van der Waals surface area contributed by atoms with Crippen LogP contribution >= 0.6 is 0 Å². The van der Waals surface area contributed by atoms with E-state index in [-0.39, 0.29) is 17.3 Å². The van der Waals surface area contributed by atoms with Gasteiger partial charge in [-0.25, -0.2) is 4.79 Å². The lowest BCUT2D eigenvalue weighted by molar-refractivity contribution is -0.385. The van der Waals surface area contributed by atoms with Crippen LogP contribution < -0.4 is 4.90 Å². The van der Waals surface area contributed by atoms with Crippen LogP contribution in [0.4, 0.5) is 11.4 Å². The average molecular weight is 266 g/mol. The second-order valence-electron chi connectivity index (χ2n) is 4.31. The lowest BCUT2D eigenvalue weighted by Gasteiger charge is -2.29. The van der Waals surface area contributed by atoms with E-state index in [4.69, 9.17) is 5.11 Å². The van der Waals surface area contributed by atoms with Gasteiger partial charge in [0.15, 0.2) is 0 Å². The Morgan fingerprint density at radius 1 is 1.47 bits per heavy atom. The standard InChI is InChI=1S/C13H18N2O4/c1-4-9(3)14(5-2)10-6-7-12(15(18)19)11(8-10)13(16)17/h6-9H,4-5H2,1-3H3,(H,16,17). The van der Waals surface area contributed by atoms with E-state index in [1.165, 1.54) is 12.1 Å². The van der Waals surface area contributed by atoms with E-state index in [0.29, 0.717) is 12.2 Å². The van der Waals surface area contributed by atoms with Crippen LogP contribution in [0.1, 0.15) is 37.6 Å². The molecule has 1 N–H and O–H groups in total. The number of carboxylic acid groups (broad SMARTS) is 1. The van der Waals surface area contributed by atoms with Crippen LogP contribution in [0.5, 0.6) is 0 Å². The molecule has 0 fully saturated rings. The Balaban J connectivity index is 3.28. The fourth-order valence-corrected chi connectivity index (χ4v) is 2.00. The van der Waals surface area contributed by atoms with Crippen LogP contribution in [0.15, 0.2) is 18.2 Å². The molecule has 0 heterocycles. The highest BCUT2D eigenvalue weighted by Gasteiger charge is 2.22. The summed E-state index contributed by atoms with van der Waals surface area (Å²) in [6.07, 6.45) is 0.910. The van der Waals surface area contributed by atoms with Gasteiger partial charge in [-0.15, -0.1) is 0 Å². The number of carbonyl (C=O) groups is 1. The van der Waals surface area contributed by atoms with Crippen LogP contribution in [-0.2, 0) is 0 Å². The van der Waals surface area contributed by atoms with Crippen LogP contribution in [0, 0.1) is 10.1 Å². The number of nitrogens with zero attached hydrogens (tertiary/aromatic N) is 2. The Morgan fingerprint density at radius 3 is 2.53 bits per heavy atom. The van der Waals surface area contributed by atoms with Crippen molar-refractivity contribution < 1.29 is 14.8 Å². The van der Waals surface area contributed by atoms with Gasteiger partial charge in [0.2, 0.25) is 0 Å². The van der Waals surface area contributed by atoms with Gasteiger partial charge in [-0.05, 0) is 32.4 Å². The highest BCUT2D eigenvalue weighted by Crippen LogP contribution is 2.26. The maximum absolute atomic E-state index is 11.1. The maximum atomic E-state index is 11.1. The van der Waals surface area contributed by atoms with Crippen molar-refractivity contribution in [2.24, 2.45) is 0 Å². The van der Waals surface area contributed by atoms with Gasteiger partial charge >= 0.3 is 5.97 Å². The molecule has 19 heavy (non-hydrogen) atoms. The first-order valence-corrected chi connectivity index (χ1v) is 6.20. The smallest absolute Gasteiger partial charge is 0.342 e. The third-order valence-electron chi connectivity index (χ3n) is 3.20. The minimum Gasteiger partial charge on any atom is -0.477 e. The zero-order valence-corrected chi connectivity index (χ0v) is 11.3. The summed E-state index contributed by atoms with van der Waals surface area (Å²) in [5, 5.41) is 19.9. The molecule has 1 aromatic rings. The minimum atomic E-state index is -1.28. The second kappa shape index (κ2) is 6.17. The molecule has 0 aliphatic heterocycles. The lowest BCUT2D eigenvalue weighted by Crippen LogP contribution is -2.32. The molecule has 104 valence electrons. The van der Waals surface area contributed by atoms with Crippen molar-refractivity contribution in [2.45, 2.75) is 33.2 Å². The Hall–Kier alpha value is -2.11. The van der Waals surface area contributed by atoms with Gasteiger partial charge in [-0.2, -0.15) is 0 Å². The highest BCUT2D eigenvalue weighted by molar-refractivity contribution is 5.93. The van der Waals surface area contributed by atoms with Gasteiger partial charge < -0.3 is 10.0 Å². The van der Waals surface area contributed by atoms with Gasteiger partial charge in [0.1, 0.15) is 5.56 Å². The van der Waals surface area contributed by atoms with Crippen LogP contribution in [0.25, 0.3) is 0 Å². The Morgan fingerprint density at radius 2 is 2.11 bits per heavy atom. The fourth-order valence-electron chi connectivity index (χ4n) is 2.00. The zero-order chi connectivity index (χ0) is 14.6. The van der Waals surface area contributed by atoms with E-state index >= 15 is 0 Å². The minimum absolute atomic E-state index is 0.244. The van der Waals surface area contributed by atoms with Crippen molar-refractivity contribution in [3.63, 3.8) is 0 Å². The molecule has 6 heteroatoms. The first kappa shape index (κ1) is 14.9. The van der Waals surface area contributed by atoms with Gasteiger partial charge in [-0.1, -0.05) is 6.92 Å². The third kappa shape index (κ3) is 3.21. The van der Waals surface area contributed by atoms with Crippen molar-refractivity contribution in [1.29, 1.82) is 0 Å². The topological polar surface area (TPSA) is 83.7 Å². The fraction of sp³-hybridized carbons (Fsp3) is 0.462. The summed E-state index contributed by atoms with van der Waals surface area (Å²) < 4.78 is 0. The van der Waals surface area contributed by atoms with Gasteiger partial charge in [-0.3, -0.25) is 10.1 Å². The summed E-state index contributed by atoms with van der Waals surface area (Å²) in [5.74, 6) is -1.28. The first-order valence-electron chi connectivity index (χ1n) is 6.20. The number of hydrogen-bond acceptors (Lipinski definition) is 4. The molecular weight excluding hydrogens is 248 g/mol. The monoisotopic (exact) mass is 266 g/mol. The first-order chi connectivity index (χ1) is 8.92. The molecule has 0 amide bonds. The second-order valence-corrected chi connectivity index (χ2v) is 4.31. The predicted octanol–water partition coefficient (Wildman–Crippen LogP) is 2.92. The number of rotatable bonds is 6. The van der Waals surface area contributed by atoms with Crippen molar-refractivity contribution in [2.75, 3.05) is 11.4 Å². The number of anilines is 1. The van der Waals surface area contributed by atoms with Gasteiger partial charge in [0.25, 0.3) is 5.69 Å². The molecule has 1 aromatic carbocycles. The van der Waals surface area contributed by atoms with E-state index < -0.39 is 10.9 Å². The SMILES string of the molecule is CCC(C)N(CC)c1ccc([N+](=O)[O-])c(C(=O)O)c1. The zero-order valence-electron chi connectivity index (χ0n) is 11.3. The summed E-state index contributed by atoms with van der Waals surface area (Å²) in [6.45, 7) is 6.75. The Bertz CT molecular complexity index is 488. The molecule has 0 bridgehead atoms. The quantitative estimate of drug-likeness (QED) is 0.632. The molecule has 0 aliphatic rings. The molecule has 0 saturated heterocycles. The number of carboxylic acids is 1. The molecule has 1 atom stereocenters. The Kier molecular flexibility index (Phi) is 4.86. The van der Waals surface area contributed by atoms with E-state index in [9.17, 15) is 14.9 Å². The Labute approximate surface area is 111 Å². The molecular formula is C13H18N2O4. The van der Waals surface area contributed by atoms with E-state index in [1.54, 1.807) is 6.07 Å². The largest absolute Gasteiger partial charge is 0.477 e. The average Bonchev–Trinajstić information content (AvgIpc) is 2.38. The summed E-state index contributed by atoms with van der Waals surface area (Å²) >= 11 is 0. The molecule has 1 unspecified atom stereocenters. The van der Waals surface area contributed by atoms with Crippen molar-refractivity contribution in [1.82, 2.24) is 0 Å². The van der Waals surface area contributed by atoms with Crippen molar-refractivity contribution in [3.05, 3.63) is 33.9 Å². The molecule has 0 aromatic heterocycles. The molecule has 0 saturated carbocycles. The van der Waals surface area contributed by atoms with Crippen LogP contribution in [0.2, 0.25) is 0 Å². The van der Waals surface area contributed by atoms with E-state index in [0.717, 1.165) is 6.42 Å². The third-order valence-corrected chi connectivity index (χ3v) is 3.20. The number of nitro benzene ring substituents is 1. The molecule has 1 rings (SSSR count). The normalized spacial score (nSPS) is 11.9. The van der Waals surface area contributed by atoms with Crippen molar-refractivity contribution >= 4 is 17.3 Å². The number of benzene rings is 1. The summed E-state index contributed by atoms with van der Waals surface area (Å²) in [5.41, 5.74) is 0.0422. The van der Waals surface area contributed by atoms with Gasteiger partial charge in [0, 0.05) is 24.3 Å². The number of aromatic carboxylic acids is 1. The number of hydrogen-bond donors (Lipinski definition) is 1. The van der Waals surface area contributed by atoms with Crippen molar-refractivity contribution in [3.8, 4) is 0 Å².